The number of likely N-dealkylation sites (N-methyl/N-ethyl adjacent to an activating group) is 1. The van der Waals surface area contributed by atoms with Gasteiger partial charge in [-0.3, -0.25) is 9.36 Å². The minimum Gasteiger partial charge on any atom is -0.756 e. The summed E-state index contributed by atoms with van der Waals surface area (Å²) in [7, 11) is 1.31. The van der Waals surface area contributed by atoms with Crippen molar-refractivity contribution in [2.45, 2.75) is 174 Å². The summed E-state index contributed by atoms with van der Waals surface area (Å²) in [6.45, 7) is 5.10. The fourth-order valence-electron chi connectivity index (χ4n) is 6.09. The smallest absolute Gasteiger partial charge is 0.306 e. The molecule has 0 aromatic rings. The van der Waals surface area contributed by atoms with Crippen LogP contribution < -0.4 is 4.89 Å². The van der Waals surface area contributed by atoms with E-state index in [0.717, 1.165) is 103 Å². The molecule has 2 atom stereocenters. The van der Waals surface area contributed by atoms with E-state index >= 15 is 0 Å². The lowest BCUT2D eigenvalue weighted by molar-refractivity contribution is -0.870. The lowest BCUT2D eigenvalue weighted by atomic mass is 10.1. The summed E-state index contributed by atoms with van der Waals surface area (Å²) in [5.41, 5.74) is 0. The number of allylic oxidation sites excluding steroid dienone is 18. The normalized spacial score (nSPS) is 14.6. The Hall–Kier alpha value is -2.84. The first-order chi connectivity index (χ1) is 30.6. The van der Waals surface area contributed by atoms with Gasteiger partial charge in [0.15, 0.2) is 0 Å². The number of unbranched alkanes of at least 4 members (excludes halogenated alkanes) is 12. The number of carbonyl (C=O) groups is 1. The summed E-state index contributed by atoms with van der Waals surface area (Å²) in [5.74, 6) is -0.372. The molecule has 0 fully saturated rings. The van der Waals surface area contributed by atoms with Crippen molar-refractivity contribution in [3.8, 4) is 0 Å². The summed E-state index contributed by atoms with van der Waals surface area (Å²) >= 11 is 0. The summed E-state index contributed by atoms with van der Waals surface area (Å²) in [6, 6.07) is 0. The molecule has 8 nitrogen and oxygen atoms in total. The minimum absolute atomic E-state index is 0.0114. The molecule has 0 amide bonds. The number of esters is 1. The second-order valence-electron chi connectivity index (χ2n) is 17.1. The number of phosphoric ester groups is 1. The molecule has 0 aliphatic heterocycles. The van der Waals surface area contributed by atoms with Crippen molar-refractivity contribution in [3.63, 3.8) is 0 Å². The van der Waals surface area contributed by atoms with Gasteiger partial charge in [-0.2, -0.15) is 0 Å². The summed E-state index contributed by atoms with van der Waals surface area (Å²) in [6.07, 6.45) is 64.0. The molecule has 0 rings (SSSR count). The van der Waals surface area contributed by atoms with Crippen molar-refractivity contribution >= 4 is 13.8 Å². The number of carbonyl (C=O) groups excluding carboxylic acids is 1. The van der Waals surface area contributed by atoms with Crippen LogP contribution in [0.25, 0.3) is 0 Å². The van der Waals surface area contributed by atoms with Crippen LogP contribution in [0.1, 0.15) is 168 Å². The molecule has 0 aromatic carbocycles. The Morgan fingerprint density at radius 2 is 0.873 bits per heavy atom. The maximum Gasteiger partial charge on any atom is 0.306 e. The molecule has 0 bridgehead atoms. The Labute approximate surface area is 387 Å². The summed E-state index contributed by atoms with van der Waals surface area (Å²) in [4.78, 5) is 25.1. The molecule has 2 unspecified atom stereocenters. The number of phosphoric acid groups is 1. The Kier molecular flexibility index (Phi) is 43.7. The van der Waals surface area contributed by atoms with Gasteiger partial charge in [-0.1, -0.05) is 175 Å². The van der Waals surface area contributed by atoms with Crippen LogP contribution in [0.2, 0.25) is 0 Å². The molecule has 0 N–H and O–H groups in total. The molecule has 63 heavy (non-hydrogen) atoms. The molecule has 0 saturated carbocycles. The van der Waals surface area contributed by atoms with Gasteiger partial charge in [-0.15, -0.1) is 0 Å². The van der Waals surface area contributed by atoms with E-state index in [0.29, 0.717) is 24.1 Å². The molecule has 0 heterocycles. The van der Waals surface area contributed by atoms with Crippen molar-refractivity contribution in [1.82, 2.24) is 0 Å². The van der Waals surface area contributed by atoms with E-state index in [4.69, 9.17) is 18.5 Å². The van der Waals surface area contributed by atoms with Gasteiger partial charge < -0.3 is 27.9 Å². The third-order valence-electron chi connectivity index (χ3n) is 9.82. The van der Waals surface area contributed by atoms with Crippen LogP contribution in [0.15, 0.2) is 109 Å². The van der Waals surface area contributed by atoms with Gasteiger partial charge in [0.25, 0.3) is 7.82 Å². The first-order valence-corrected chi connectivity index (χ1v) is 26.1. The van der Waals surface area contributed by atoms with E-state index in [2.05, 4.69) is 123 Å². The molecule has 0 aliphatic carbocycles. The topological polar surface area (TPSA) is 94.1 Å². The van der Waals surface area contributed by atoms with E-state index in [1.165, 1.54) is 38.5 Å². The van der Waals surface area contributed by atoms with E-state index in [9.17, 15) is 14.3 Å². The monoisotopic (exact) mass is 898 g/mol. The second kappa shape index (κ2) is 45.7. The number of ether oxygens (including phenoxy) is 2. The number of hydrogen-bond acceptors (Lipinski definition) is 7. The van der Waals surface area contributed by atoms with Crippen molar-refractivity contribution in [1.29, 1.82) is 0 Å². The zero-order valence-corrected chi connectivity index (χ0v) is 41.6. The average molecular weight is 898 g/mol. The van der Waals surface area contributed by atoms with Crippen molar-refractivity contribution < 1.29 is 37.3 Å². The van der Waals surface area contributed by atoms with Gasteiger partial charge in [-0.25, -0.2) is 0 Å². The van der Waals surface area contributed by atoms with E-state index < -0.39 is 13.9 Å². The number of rotatable bonds is 44. The third-order valence-corrected chi connectivity index (χ3v) is 10.8. The fraction of sp³-hybridized carbons (Fsp3) is 0.648. The lowest BCUT2D eigenvalue weighted by Gasteiger charge is -2.28. The van der Waals surface area contributed by atoms with Gasteiger partial charge in [-0.05, 0) is 96.3 Å². The highest BCUT2D eigenvalue weighted by Crippen LogP contribution is 2.38. The first-order valence-electron chi connectivity index (χ1n) is 24.6. The van der Waals surface area contributed by atoms with Gasteiger partial charge in [0.2, 0.25) is 0 Å². The number of hydrogen-bond donors (Lipinski definition) is 0. The van der Waals surface area contributed by atoms with E-state index in [-0.39, 0.29) is 32.2 Å². The quantitative estimate of drug-likeness (QED) is 0.0198. The van der Waals surface area contributed by atoms with E-state index in [1.807, 2.05) is 21.1 Å². The molecular weight excluding hydrogens is 806 g/mol. The third kappa shape index (κ3) is 50.0. The summed E-state index contributed by atoms with van der Waals surface area (Å²) < 4.78 is 34.7. The predicted octanol–water partition coefficient (Wildman–Crippen LogP) is 14.5. The van der Waals surface area contributed by atoms with Gasteiger partial charge in [0, 0.05) is 13.0 Å². The molecule has 0 aliphatic rings. The maximum atomic E-state index is 12.7. The van der Waals surface area contributed by atoms with Crippen LogP contribution in [0, 0.1) is 0 Å². The lowest BCUT2D eigenvalue weighted by Crippen LogP contribution is -2.37. The highest BCUT2D eigenvalue weighted by molar-refractivity contribution is 7.45. The highest BCUT2D eigenvalue weighted by Gasteiger charge is 2.20. The molecule has 9 heteroatoms. The van der Waals surface area contributed by atoms with Gasteiger partial charge in [0.1, 0.15) is 19.3 Å². The van der Waals surface area contributed by atoms with Crippen LogP contribution in [0.3, 0.4) is 0 Å². The van der Waals surface area contributed by atoms with Gasteiger partial charge >= 0.3 is 5.97 Å². The van der Waals surface area contributed by atoms with Crippen molar-refractivity contribution in [2.24, 2.45) is 0 Å². The predicted molar refractivity (Wildman–Crippen MR) is 268 cm³/mol. The molecule has 0 saturated heterocycles. The molecular formula is C54H92NO7P. The zero-order chi connectivity index (χ0) is 46.2. The van der Waals surface area contributed by atoms with Crippen molar-refractivity contribution in [2.75, 3.05) is 54.1 Å². The maximum absolute atomic E-state index is 12.7. The Morgan fingerprint density at radius 1 is 0.492 bits per heavy atom. The Balaban J connectivity index is 4.27. The number of quaternary nitrogens is 1. The average Bonchev–Trinajstić information content (AvgIpc) is 3.24. The Morgan fingerprint density at radius 3 is 1.30 bits per heavy atom. The van der Waals surface area contributed by atoms with Crippen LogP contribution in [-0.4, -0.2) is 70.7 Å². The largest absolute Gasteiger partial charge is 0.756 e. The van der Waals surface area contributed by atoms with Crippen LogP contribution in [0.4, 0.5) is 0 Å². The standard InChI is InChI=1S/C54H92NO7P/c1-6-8-10-12-14-16-18-20-22-24-26-27-28-30-32-34-36-38-40-42-44-46-49-59-51-53(52-61-63(57,58)60-50-48-55(3,4)5)62-54(56)47-45-43-41-39-37-35-33-31-29-25-23-21-19-17-15-13-11-9-7-2/h8-11,14-17,20-23,26-27,29,31,35,37,53H,6-7,12-13,18-19,24-25,28,30,32-34,36,38-52H2,1-5H3/b10-8-,11-9-,16-14-,17-15-,22-20-,23-21-,27-26-,31-29-,37-35-. The minimum atomic E-state index is -4.55. The summed E-state index contributed by atoms with van der Waals surface area (Å²) in [5, 5.41) is 0. The SMILES string of the molecule is CC/C=C\C/C=C\C/C=C\C/C=C\C/C=C\CCCCCC(=O)OC(COCCCCCCCCCCC/C=C\C/C=C\C/C=C\C/C=C\CC)COP(=O)([O-])OCC[N+](C)(C)C. The first kappa shape index (κ1) is 60.2. The molecule has 0 spiro atoms. The van der Waals surface area contributed by atoms with Crippen LogP contribution >= 0.6 is 7.82 Å². The van der Waals surface area contributed by atoms with E-state index in [1.54, 1.807) is 0 Å². The van der Waals surface area contributed by atoms with Crippen LogP contribution in [0.5, 0.6) is 0 Å². The molecule has 0 radical (unpaired) electrons. The zero-order valence-electron chi connectivity index (χ0n) is 40.7. The van der Waals surface area contributed by atoms with Crippen LogP contribution in [-0.2, 0) is 27.9 Å². The molecule has 0 aromatic heterocycles. The molecule has 360 valence electrons. The fourth-order valence-corrected chi connectivity index (χ4v) is 6.82. The number of nitrogens with zero attached hydrogens (tertiary/aromatic N) is 1. The highest BCUT2D eigenvalue weighted by atomic mass is 31.2. The Bertz CT molecular complexity index is 1370. The van der Waals surface area contributed by atoms with Crippen molar-refractivity contribution in [3.05, 3.63) is 109 Å². The van der Waals surface area contributed by atoms with Gasteiger partial charge in [0.05, 0.1) is 34.4 Å². The second-order valence-corrected chi connectivity index (χ2v) is 18.5.